The molecule has 0 aliphatic rings. The molecule has 1 atom stereocenters. The minimum Gasteiger partial charge on any atom is -0.496 e. The molecule has 0 aliphatic carbocycles. The van der Waals surface area contributed by atoms with E-state index in [-0.39, 0.29) is 24.2 Å². The summed E-state index contributed by atoms with van der Waals surface area (Å²) in [5, 5.41) is 17.2. The molecule has 1 aromatic carbocycles. The molecule has 0 saturated carbocycles. The van der Waals surface area contributed by atoms with Gasteiger partial charge in [0, 0.05) is 12.5 Å². The highest BCUT2D eigenvalue weighted by atomic mass is 19.1. The van der Waals surface area contributed by atoms with E-state index in [1.54, 1.807) is 0 Å². The van der Waals surface area contributed by atoms with Crippen LogP contribution in [0.3, 0.4) is 0 Å². The average molecular weight is 271 g/mol. The fraction of sp³-hybridized carbons (Fsp3) is 0.364. The first-order valence-electron chi connectivity index (χ1n) is 5.54. The van der Waals surface area contributed by atoms with Gasteiger partial charge in [-0.1, -0.05) is 6.07 Å². The predicted octanol–water partition coefficient (Wildman–Crippen LogP) is -0.741. The van der Waals surface area contributed by atoms with E-state index in [0.717, 1.165) is 6.07 Å². The van der Waals surface area contributed by atoms with Crippen LogP contribution in [0, 0.1) is 5.82 Å². The number of nitrogens with two attached hydrogens (primary N) is 1. The van der Waals surface area contributed by atoms with Crippen molar-refractivity contribution in [1.82, 2.24) is 0 Å². The second-order valence-corrected chi connectivity index (χ2v) is 3.88. The molecule has 19 heavy (non-hydrogen) atoms. The molecule has 104 valence electrons. The Morgan fingerprint density at radius 2 is 2.21 bits per heavy atom. The smallest absolute Gasteiger partial charge is 0.491 e. The summed E-state index contributed by atoms with van der Waals surface area (Å²) in [6.07, 6.45) is 0.00140. The Labute approximate surface area is 110 Å². The Morgan fingerprint density at radius 1 is 1.53 bits per heavy atom. The third kappa shape index (κ3) is 4.86. The zero-order valence-electron chi connectivity index (χ0n) is 10.4. The van der Waals surface area contributed by atoms with Gasteiger partial charge in [0.25, 0.3) is 0 Å². The van der Waals surface area contributed by atoms with E-state index in [4.69, 9.17) is 20.5 Å². The number of carbonyl (C=O) groups excluding carboxylic acids is 1. The van der Waals surface area contributed by atoms with Gasteiger partial charge < -0.3 is 25.3 Å². The number of halogens is 1. The second-order valence-electron chi connectivity index (χ2n) is 3.88. The highest BCUT2D eigenvalue weighted by molar-refractivity contribution is 6.40. The maximum atomic E-state index is 13.7. The quantitative estimate of drug-likeness (QED) is 0.465. The fourth-order valence-electron chi connectivity index (χ4n) is 1.43. The molecule has 0 radical (unpaired) electrons. The van der Waals surface area contributed by atoms with Crippen molar-refractivity contribution in [3.8, 4) is 5.75 Å². The first kappa shape index (κ1) is 15.4. The van der Waals surface area contributed by atoms with Crippen LogP contribution in [-0.2, 0) is 16.0 Å². The maximum absolute atomic E-state index is 13.7. The first-order valence-corrected chi connectivity index (χ1v) is 5.54. The predicted molar refractivity (Wildman–Crippen MR) is 65.8 cm³/mol. The van der Waals surface area contributed by atoms with Gasteiger partial charge in [0.05, 0.1) is 7.11 Å². The lowest BCUT2D eigenvalue weighted by molar-refractivity contribution is -0.142. The molecular formula is C11H15BFNO5. The van der Waals surface area contributed by atoms with E-state index in [2.05, 4.69) is 4.74 Å². The van der Waals surface area contributed by atoms with Crippen LogP contribution in [0.1, 0.15) is 5.56 Å². The Balaban J connectivity index is 2.69. The minimum atomic E-state index is -1.63. The molecule has 0 bridgehead atoms. The zero-order chi connectivity index (χ0) is 14.4. The number of hydrogen-bond donors (Lipinski definition) is 3. The van der Waals surface area contributed by atoms with Crippen LogP contribution in [0.25, 0.3) is 0 Å². The summed E-state index contributed by atoms with van der Waals surface area (Å²) in [6.45, 7) is -0.361. The van der Waals surface area contributed by atoms with Crippen LogP contribution in [0.5, 0.6) is 5.75 Å². The van der Waals surface area contributed by atoms with E-state index in [1.807, 2.05) is 0 Å². The van der Waals surface area contributed by atoms with E-state index >= 15 is 0 Å². The molecule has 0 unspecified atom stereocenters. The van der Waals surface area contributed by atoms with Crippen molar-refractivity contribution in [3.63, 3.8) is 0 Å². The third-order valence-corrected chi connectivity index (χ3v) is 2.37. The van der Waals surface area contributed by atoms with E-state index in [9.17, 15) is 9.18 Å². The highest BCUT2D eigenvalue weighted by Crippen LogP contribution is 2.18. The second kappa shape index (κ2) is 7.08. The van der Waals surface area contributed by atoms with Crippen molar-refractivity contribution < 1.29 is 28.7 Å². The molecule has 4 N–H and O–H groups in total. The summed E-state index contributed by atoms with van der Waals surface area (Å²) in [5.41, 5.74) is 5.77. The SMILES string of the molecule is COC(=O)[C@@H](N)Cc1ccc(OCB(O)O)cc1F. The number of ether oxygens (including phenoxy) is 2. The lowest BCUT2D eigenvalue weighted by atomic mass is 9.95. The zero-order valence-corrected chi connectivity index (χ0v) is 10.4. The van der Waals surface area contributed by atoms with Crippen molar-refractivity contribution in [2.24, 2.45) is 5.73 Å². The molecule has 0 aliphatic heterocycles. The molecule has 0 heterocycles. The molecule has 6 nitrogen and oxygen atoms in total. The van der Waals surface area contributed by atoms with Gasteiger partial charge in [-0.2, -0.15) is 0 Å². The van der Waals surface area contributed by atoms with Gasteiger partial charge in [0.2, 0.25) is 0 Å². The lowest BCUT2D eigenvalue weighted by Gasteiger charge is -2.11. The van der Waals surface area contributed by atoms with E-state index in [1.165, 1.54) is 19.2 Å². The van der Waals surface area contributed by atoms with Crippen LogP contribution in [-0.4, -0.2) is 42.8 Å². The number of carbonyl (C=O) groups is 1. The van der Waals surface area contributed by atoms with E-state index < -0.39 is 24.9 Å². The minimum absolute atomic E-state index is 0.00140. The largest absolute Gasteiger partial charge is 0.496 e. The molecule has 0 spiro atoms. The van der Waals surface area contributed by atoms with Crippen LogP contribution in [0.4, 0.5) is 4.39 Å². The van der Waals surface area contributed by atoms with Gasteiger partial charge in [0.1, 0.15) is 24.1 Å². The van der Waals surface area contributed by atoms with Gasteiger partial charge in [0.15, 0.2) is 0 Å². The van der Waals surface area contributed by atoms with Crippen molar-refractivity contribution in [2.45, 2.75) is 12.5 Å². The Morgan fingerprint density at radius 3 is 2.74 bits per heavy atom. The van der Waals surface area contributed by atoms with Gasteiger partial charge in [-0.25, -0.2) is 4.39 Å². The van der Waals surface area contributed by atoms with Gasteiger partial charge >= 0.3 is 13.1 Å². The molecule has 0 aromatic heterocycles. The average Bonchev–Trinajstić information content (AvgIpc) is 2.38. The van der Waals surface area contributed by atoms with Crippen molar-refractivity contribution in [3.05, 3.63) is 29.6 Å². The van der Waals surface area contributed by atoms with Crippen LogP contribution < -0.4 is 10.5 Å². The third-order valence-electron chi connectivity index (χ3n) is 2.37. The number of esters is 1. The summed E-state index contributed by atoms with van der Waals surface area (Å²) in [5.74, 6) is -1.06. The fourth-order valence-corrected chi connectivity index (χ4v) is 1.43. The summed E-state index contributed by atoms with van der Waals surface area (Å²) in [4.78, 5) is 11.1. The summed E-state index contributed by atoms with van der Waals surface area (Å²) >= 11 is 0. The normalized spacial score (nSPS) is 11.8. The lowest BCUT2D eigenvalue weighted by Crippen LogP contribution is -2.33. The Kier molecular flexibility index (Phi) is 5.74. The molecule has 0 saturated heterocycles. The molecule has 1 aromatic rings. The van der Waals surface area contributed by atoms with Crippen LogP contribution in [0.15, 0.2) is 18.2 Å². The van der Waals surface area contributed by atoms with E-state index in [0.29, 0.717) is 0 Å². The Bertz CT molecular complexity index is 443. The van der Waals surface area contributed by atoms with Crippen molar-refractivity contribution >= 4 is 13.1 Å². The Hall–Kier alpha value is -1.64. The monoisotopic (exact) mass is 271 g/mol. The number of benzene rings is 1. The van der Waals surface area contributed by atoms with Gasteiger partial charge in [-0.15, -0.1) is 0 Å². The van der Waals surface area contributed by atoms with Crippen LogP contribution in [0.2, 0.25) is 0 Å². The topological polar surface area (TPSA) is 102 Å². The number of methoxy groups -OCH3 is 1. The van der Waals surface area contributed by atoms with Gasteiger partial charge in [-0.05, 0) is 11.6 Å². The molecule has 0 fully saturated rings. The molecule has 8 heteroatoms. The molecular weight excluding hydrogens is 256 g/mol. The maximum Gasteiger partial charge on any atom is 0.491 e. The summed E-state index contributed by atoms with van der Waals surface area (Å²) in [6, 6.07) is 3.01. The van der Waals surface area contributed by atoms with Crippen molar-refractivity contribution in [2.75, 3.05) is 13.6 Å². The van der Waals surface area contributed by atoms with Gasteiger partial charge in [-0.3, -0.25) is 4.79 Å². The van der Waals surface area contributed by atoms with Crippen molar-refractivity contribution in [1.29, 1.82) is 0 Å². The standard InChI is InChI=1S/C11H15BFNO5/c1-18-11(15)10(14)4-7-2-3-8(5-9(7)13)19-6-12(16)17/h2-3,5,10,16-17H,4,6,14H2,1H3/t10-/m0/s1. The number of hydrogen-bond acceptors (Lipinski definition) is 6. The van der Waals surface area contributed by atoms with Crippen LogP contribution >= 0.6 is 0 Å². The molecule has 0 amide bonds. The first-order chi connectivity index (χ1) is 8.93. The summed E-state index contributed by atoms with van der Waals surface area (Å²) < 4.78 is 23.0. The highest BCUT2D eigenvalue weighted by Gasteiger charge is 2.17. The molecule has 1 rings (SSSR count). The number of rotatable bonds is 6. The summed E-state index contributed by atoms with van der Waals surface area (Å²) in [7, 11) is -0.425.